The van der Waals surface area contributed by atoms with E-state index in [4.69, 9.17) is 11.6 Å². The van der Waals surface area contributed by atoms with Gasteiger partial charge < -0.3 is 10.3 Å². The second-order valence-corrected chi connectivity index (χ2v) is 4.97. The Morgan fingerprint density at radius 2 is 2.10 bits per heavy atom. The van der Waals surface area contributed by atoms with Gasteiger partial charge in [0.1, 0.15) is 16.5 Å². The van der Waals surface area contributed by atoms with Gasteiger partial charge in [0.05, 0.1) is 0 Å². The SMILES string of the molecule is Cc1cccc(NC(=O)c2cc3ccc(Cl)nc3[nH]2)c1. The number of hydrogen-bond acceptors (Lipinski definition) is 2. The number of carbonyl (C=O) groups excluding carboxylic acids is 1. The first-order valence-electron chi connectivity index (χ1n) is 6.15. The van der Waals surface area contributed by atoms with E-state index in [0.29, 0.717) is 16.5 Å². The van der Waals surface area contributed by atoms with Crippen LogP contribution in [0.15, 0.2) is 42.5 Å². The van der Waals surface area contributed by atoms with Gasteiger partial charge in [-0.1, -0.05) is 23.7 Å². The topological polar surface area (TPSA) is 57.8 Å². The summed E-state index contributed by atoms with van der Waals surface area (Å²) in [5, 5.41) is 4.09. The van der Waals surface area contributed by atoms with Crippen LogP contribution in [-0.2, 0) is 0 Å². The van der Waals surface area contributed by atoms with Crippen molar-refractivity contribution in [3.05, 3.63) is 58.9 Å². The molecule has 100 valence electrons. The molecule has 0 spiro atoms. The summed E-state index contributed by atoms with van der Waals surface area (Å²) in [6, 6.07) is 12.9. The fourth-order valence-electron chi connectivity index (χ4n) is 2.03. The van der Waals surface area contributed by atoms with E-state index in [1.807, 2.05) is 37.3 Å². The third-order valence-corrected chi connectivity index (χ3v) is 3.18. The number of aromatic amines is 1. The van der Waals surface area contributed by atoms with E-state index in [1.165, 1.54) is 0 Å². The monoisotopic (exact) mass is 285 g/mol. The van der Waals surface area contributed by atoms with Crippen molar-refractivity contribution in [1.29, 1.82) is 0 Å². The number of fused-ring (bicyclic) bond motifs is 1. The molecular weight excluding hydrogens is 274 g/mol. The summed E-state index contributed by atoms with van der Waals surface area (Å²) >= 11 is 5.82. The molecule has 4 nitrogen and oxygen atoms in total. The van der Waals surface area contributed by atoms with Gasteiger partial charge in [-0.05, 0) is 42.8 Å². The molecule has 0 unspecified atom stereocenters. The maximum absolute atomic E-state index is 12.2. The first kappa shape index (κ1) is 12.7. The Morgan fingerprint density at radius 3 is 2.90 bits per heavy atom. The Balaban J connectivity index is 1.88. The van der Waals surface area contributed by atoms with Crippen molar-refractivity contribution in [2.24, 2.45) is 0 Å². The predicted octanol–water partition coefficient (Wildman–Crippen LogP) is 3.78. The Morgan fingerprint density at radius 1 is 1.25 bits per heavy atom. The van der Waals surface area contributed by atoms with Gasteiger partial charge in [0.25, 0.3) is 5.91 Å². The number of anilines is 1. The number of hydrogen-bond donors (Lipinski definition) is 2. The summed E-state index contributed by atoms with van der Waals surface area (Å²) < 4.78 is 0. The summed E-state index contributed by atoms with van der Waals surface area (Å²) in [4.78, 5) is 19.3. The molecule has 0 aliphatic carbocycles. The van der Waals surface area contributed by atoms with Crippen LogP contribution < -0.4 is 5.32 Å². The molecule has 20 heavy (non-hydrogen) atoms. The summed E-state index contributed by atoms with van der Waals surface area (Å²) in [6.45, 7) is 1.98. The summed E-state index contributed by atoms with van der Waals surface area (Å²) in [5.74, 6) is -0.204. The van der Waals surface area contributed by atoms with Gasteiger partial charge in [-0.2, -0.15) is 0 Å². The molecule has 2 N–H and O–H groups in total. The summed E-state index contributed by atoms with van der Waals surface area (Å²) in [7, 11) is 0. The lowest BCUT2D eigenvalue weighted by atomic mass is 10.2. The van der Waals surface area contributed by atoms with Crippen molar-refractivity contribution >= 4 is 34.2 Å². The van der Waals surface area contributed by atoms with Crippen LogP contribution in [-0.4, -0.2) is 15.9 Å². The van der Waals surface area contributed by atoms with Crippen LogP contribution in [0.3, 0.4) is 0 Å². The lowest BCUT2D eigenvalue weighted by molar-refractivity contribution is 0.102. The molecular formula is C15H12ClN3O. The molecule has 5 heteroatoms. The minimum absolute atomic E-state index is 0.204. The van der Waals surface area contributed by atoms with E-state index in [2.05, 4.69) is 15.3 Å². The van der Waals surface area contributed by atoms with Gasteiger partial charge in [0.15, 0.2) is 0 Å². The van der Waals surface area contributed by atoms with Crippen LogP contribution in [0.4, 0.5) is 5.69 Å². The number of rotatable bonds is 2. The highest BCUT2D eigenvalue weighted by atomic mass is 35.5. The number of carbonyl (C=O) groups is 1. The van der Waals surface area contributed by atoms with Gasteiger partial charge in [-0.25, -0.2) is 4.98 Å². The minimum Gasteiger partial charge on any atom is -0.335 e. The van der Waals surface area contributed by atoms with Crippen molar-refractivity contribution in [1.82, 2.24) is 9.97 Å². The third kappa shape index (κ3) is 2.51. The molecule has 0 saturated heterocycles. The highest BCUT2D eigenvalue weighted by molar-refractivity contribution is 6.29. The molecule has 3 rings (SSSR count). The van der Waals surface area contributed by atoms with Gasteiger partial charge >= 0.3 is 0 Å². The van der Waals surface area contributed by atoms with Crippen LogP contribution in [0.25, 0.3) is 11.0 Å². The minimum atomic E-state index is -0.204. The molecule has 3 aromatic rings. The molecule has 0 saturated carbocycles. The maximum atomic E-state index is 12.2. The smallest absolute Gasteiger partial charge is 0.272 e. The van der Waals surface area contributed by atoms with E-state index >= 15 is 0 Å². The van der Waals surface area contributed by atoms with Crippen molar-refractivity contribution in [2.45, 2.75) is 6.92 Å². The maximum Gasteiger partial charge on any atom is 0.272 e. The molecule has 1 amide bonds. The highest BCUT2D eigenvalue weighted by Crippen LogP contribution is 2.17. The standard InChI is InChI=1S/C15H12ClN3O/c1-9-3-2-4-11(7-9)17-15(20)12-8-10-5-6-13(16)19-14(10)18-12/h2-8H,1H3,(H,17,20)(H,18,19). The van der Waals surface area contributed by atoms with E-state index in [9.17, 15) is 4.79 Å². The van der Waals surface area contributed by atoms with Crippen LogP contribution in [0, 0.1) is 6.92 Å². The lowest BCUT2D eigenvalue weighted by Gasteiger charge is -2.04. The van der Waals surface area contributed by atoms with Gasteiger partial charge in [0.2, 0.25) is 0 Å². The highest BCUT2D eigenvalue weighted by Gasteiger charge is 2.10. The molecule has 0 radical (unpaired) electrons. The normalized spacial score (nSPS) is 10.7. The van der Waals surface area contributed by atoms with Gasteiger partial charge in [-0.15, -0.1) is 0 Å². The van der Waals surface area contributed by atoms with Crippen molar-refractivity contribution in [2.75, 3.05) is 5.32 Å². The fourth-order valence-corrected chi connectivity index (χ4v) is 2.17. The van der Waals surface area contributed by atoms with Crippen LogP contribution >= 0.6 is 11.6 Å². The average molecular weight is 286 g/mol. The number of H-pyrrole nitrogens is 1. The zero-order valence-corrected chi connectivity index (χ0v) is 11.5. The van der Waals surface area contributed by atoms with E-state index in [1.54, 1.807) is 12.1 Å². The second-order valence-electron chi connectivity index (χ2n) is 4.58. The molecule has 0 fully saturated rings. The molecule has 1 aromatic carbocycles. The van der Waals surface area contributed by atoms with E-state index in [0.717, 1.165) is 16.6 Å². The Hall–Kier alpha value is -2.33. The first-order valence-corrected chi connectivity index (χ1v) is 6.53. The summed E-state index contributed by atoms with van der Waals surface area (Å²) in [5.41, 5.74) is 2.91. The first-order chi connectivity index (χ1) is 9.61. The number of aryl methyl sites for hydroxylation is 1. The van der Waals surface area contributed by atoms with Gasteiger partial charge in [0, 0.05) is 11.1 Å². The number of pyridine rings is 1. The largest absolute Gasteiger partial charge is 0.335 e. The number of nitrogens with zero attached hydrogens (tertiary/aromatic N) is 1. The molecule has 0 bridgehead atoms. The predicted molar refractivity (Wildman–Crippen MR) is 80.2 cm³/mol. The zero-order valence-electron chi connectivity index (χ0n) is 10.8. The molecule has 0 aliphatic heterocycles. The lowest BCUT2D eigenvalue weighted by Crippen LogP contribution is -2.12. The number of halogens is 1. The Kier molecular flexibility index (Phi) is 3.16. The zero-order chi connectivity index (χ0) is 14.1. The Labute approximate surface area is 120 Å². The van der Waals surface area contributed by atoms with Crippen LogP contribution in [0.2, 0.25) is 5.15 Å². The number of aromatic nitrogens is 2. The molecule has 2 heterocycles. The second kappa shape index (κ2) is 4.98. The summed E-state index contributed by atoms with van der Waals surface area (Å²) in [6.07, 6.45) is 0. The molecule has 0 atom stereocenters. The quantitative estimate of drug-likeness (QED) is 0.704. The van der Waals surface area contributed by atoms with Crippen LogP contribution in [0.1, 0.15) is 16.1 Å². The molecule has 2 aromatic heterocycles. The average Bonchev–Trinajstić information content (AvgIpc) is 2.81. The number of benzene rings is 1. The van der Waals surface area contributed by atoms with Crippen molar-refractivity contribution in [3.8, 4) is 0 Å². The molecule has 0 aliphatic rings. The number of nitrogens with one attached hydrogen (secondary N) is 2. The van der Waals surface area contributed by atoms with Gasteiger partial charge in [-0.3, -0.25) is 4.79 Å². The third-order valence-electron chi connectivity index (χ3n) is 2.97. The van der Waals surface area contributed by atoms with Crippen molar-refractivity contribution in [3.63, 3.8) is 0 Å². The fraction of sp³-hybridized carbons (Fsp3) is 0.0667. The van der Waals surface area contributed by atoms with E-state index in [-0.39, 0.29) is 5.91 Å². The van der Waals surface area contributed by atoms with Crippen LogP contribution in [0.5, 0.6) is 0 Å². The van der Waals surface area contributed by atoms with Crippen molar-refractivity contribution < 1.29 is 4.79 Å². The number of amides is 1. The van der Waals surface area contributed by atoms with E-state index < -0.39 is 0 Å². The Bertz CT molecular complexity index is 795.